The van der Waals surface area contributed by atoms with Crippen LogP contribution < -0.4 is 0 Å². The van der Waals surface area contributed by atoms with Crippen LogP contribution in [0, 0.1) is 0 Å². The zero-order valence-corrected chi connectivity index (χ0v) is 22.1. The molecule has 0 bridgehead atoms. The number of carbonyl (C=O) groups excluding carboxylic acids is 2. The number of carboxylic acid groups (broad SMARTS) is 1. The minimum Gasteiger partial charge on any atom is -0.480 e. The van der Waals surface area contributed by atoms with Crippen molar-refractivity contribution < 1.29 is 19.5 Å². The quantitative estimate of drug-likeness (QED) is 0.194. The van der Waals surface area contributed by atoms with Gasteiger partial charge in [-0.1, -0.05) is 101 Å². The molecule has 4 rings (SSSR count). The Bertz CT molecular complexity index is 1370. The number of aliphatic carboxylic acids is 1. The van der Waals surface area contributed by atoms with Gasteiger partial charge in [-0.15, -0.1) is 0 Å². The van der Waals surface area contributed by atoms with E-state index in [1.54, 1.807) is 24.3 Å². The minimum atomic E-state index is -1.11. The lowest BCUT2D eigenvalue weighted by Gasteiger charge is -2.23. The number of allylic oxidation sites excluding steroid dienone is 1. The molecule has 1 aliphatic rings. The summed E-state index contributed by atoms with van der Waals surface area (Å²) in [4.78, 5) is 39.0. The predicted octanol–water partition coefficient (Wildman–Crippen LogP) is 6.24. The summed E-state index contributed by atoms with van der Waals surface area (Å²) in [5.74, 6) is -1.62. The Labute approximate surface area is 226 Å². The first kappa shape index (κ1) is 25.8. The van der Waals surface area contributed by atoms with Crippen LogP contribution in [-0.2, 0) is 16.0 Å². The van der Waals surface area contributed by atoms with Crippen LogP contribution in [0.25, 0.3) is 12.2 Å². The van der Waals surface area contributed by atoms with Gasteiger partial charge in [-0.25, -0.2) is 4.79 Å². The molecule has 0 aromatic heterocycles. The van der Waals surface area contributed by atoms with E-state index in [-0.39, 0.29) is 16.5 Å². The number of benzene rings is 3. The summed E-state index contributed by atoms with van der Waals surface area (Å²) in [6.07, 6.45) is 5.11. The molecule has 5 nitrogen and oxygen atoms in total. The van der Waals surface area contributed by atoms with E-state index in [0.717, 1.165) is 32.9 Å². The number of carboxylic acids is 1. The average molecular weight is 579 g/mol. The molecule has 36 heavy (non-hydrogen) atoms. The van der Waals surface area contributed by atoms with Crippen molar-refractivity contribution in [2.75, 3.05) is 0 Å². The number of thioether (sulfide) groups is 1. The number of hydrogen-bond acceptors (Lipinski definition) is 5. The van der Waals surface area contributed by atoms with Crippen LogP contribution in [0.15, 0.2) is 94.3 Å². The van der Waals surface area contributed by atoms with Gasteiger partial charge in [0.2, 0.25) is 0 Å². The molecular formula is C28H20BrNO4S2. The van der Waals surface area contributed by atoms with Crippen molar-refractivity contribution in [3.8, 4) is 0 Å². The van der Waals surface area contributed by atoms with Gasteiger partial charge in [0.25, 0.3) is 5.91 Å². The zero-order chi connectivity index (χ0) is 25.7. The van der Waals surface area contributed by atoms with Crippen LogP contribution in [0.4, 0.5) is 0 Å². The number of carbonyl (C=O) groups is 3. The van der Waals surface area contributed by atoms with Crippen LogP contribution in [0.3, 0.4) is 0 Å². The summed E-state index contributed by atoms with van der Waals surface area (Å²) < 4.78 is 1.13. The lowest BCUT2D eigenvalue weighted by Crippen LogP contribution is -2.45. The van der Waals surface area contributed by atoms with Crippen molar-refractivity contribution in [2.45, 2.75) is 12.5 Å². The zero-order valence-electron chi connectivity index (χ0n) is 18.8. The van der Waals surface area contributed by atoms with E-state index in [2.05, 4.69) is 15.9 Å². The molecule has 1 fully saturated rings. The van der Waals surface area contributed by atoms with Crippen LogP contribution in [0.5, 0.6) is 0 Å². The van der Waals surface area contributed by atoms with E-state index < -0.39 is 17.9 Å². The van der Waals surface area contributed by atoms with Crippen molar-refractivity contribution in [1.82, 2.24) is 4.90 Å². The SMILES string of the molecule is O=C(/C=C/c1ccc(/C=C2\SC(=S)N([C@@H](Cc3ccccc3)C(=O)O)C2=O)cc1)c1ccc(Br)cc1. The number of nitrogens with zero attached hydrogens (tertiary/aromatic N) is 1. The van der Waals surface area contributed by atoms with Gasteiger partial charge in [-0.2, -0.15) is 0 Å². The molecule has 1 atom stereocenters. The molecule has 0 spiro atoms. The third-order valence-corrected chi connectivity index (χ3v) is 7.34. The van der Waals surface area contributed by atoms with Crippen LogP contribution in [-0.4, -0.2) is 38.0 Å². The van der Waals surface area contributed by atoms with Crippen molar-refractivity contribution >= 4 is 74.0 Å². The van der Waals surface area contributed by atoms with Crippen molar-refractivity contribution in [3.63, 3.8) is 0 Å². The average Bonchev–Trinajstić information content (AvgIpc) is 3.15. The van der Waals surface area contributed by atoms with Gasteiger partial charge in [-0.3, -0.25) is 14.5 Å². The molecule has 0 saturated carbocycles. The molecule has 8 heteroatoms. The summed E-state index contributed by atoms with van der Waals surface area (Å²) in [5, 5.41) is 9.80. The van der Waals surface area contributed by atoms with Gasteiger partial charge in [0.15, 0.2) is 5.78 Å². The predicted molar refractivity (Wildman–Crippen MR) is 151 cm³/mol. The van der Waals surface area contributed by atoms with Crippen molar-refractivity contribution in [3.05, 3.63) is 117 Å². The molecule has 0 radical (unpaired) electrons. The lowest BCUT2D eigenvalue weighted by molar-refractivity contribution is -0.145. The Morgan fingerprint density at radius 1 is 0.972 bits per heavy atom. The first-order chi connectivity index (χ1) is 17.3. The standard InChI is InChI=1S/C28H20BrNO4S2/c29-22-13-11-21(12-14-22)24(31)15-10-18-6-8-20(9-7-18)17-25-26(32)30(28(35)36-25)23(27(33)34)16-19-4-2-1-3-5-19/h1-15,17,23H,16H2,(H,33,34)/b15-10+,25-17-/t23-/m0/s1. The largest absolute Gasteiger partial charge is 0.480 e. The van der Waals surface area contributed by atoms with Gasteiger partial charge < -0.3 is 5.11 Å². The Kier molecular flexibility index (Phi) is 8.30. The summed E-state index contributed by atoms with van der Waals surface area (Å²) in [6.45, 7) is 0. The topological polar surface area (TPSA) is 74.7 Å². The number of hydrogen-bond donors (Lipinski definition) is 1. The molecule has 3 aromatic rings. The van der Waals surface area contributed by atoms with Gasteiger partial charge in [0.05, 0.1) is 4.91 Å². The second kappa shape index (κ2) is 11.6. The molecule has 3 aromatic carbocycles. The Morgan fingerprint density at radius 2 is 1.61 bits per heavy atom. The highest BCUT2D eigenvalue weighted by Crippen LogP contribution is 2.34. The van der Waals surface area contributed by atoms with Crippen LogP contribution in [0.2, 0.25) is 0 Å². The third-order valence-electron chi connectivity index (χ3n) is 5.48. The van der Waals surface area contributed by atoms with Gasteiger partial charge in [0.1, 0.15) is 10.4 Å². The fourth-order valence-corrected chi connectivity index (χ4v) is 5.23. The Balaban J connectivity index is 1.46. The Hall–Kier alpha value is -3.33. The van der Waals surface area contributed by atoms with E-state index >= 15 is 0 Å². The summed E-state index contributed by atoms with van der Waals surface area (Å²) in [5.41, 5.74) is 3.01. The van der Waals surface area contributed by atoms with Crippen molar-refractivity contribution in [2.24, 2.45) is 0 Å². The molecule has 1 N–H and O–H groups in total. The third kappa shape index (κ3) is 6.26. The summed E-state index contributed by atoms with van der Waals surface area (Å²) >= 11 is 9.82. The highest BCUT2D eigenvalue weighted by Gasteiger charge is 2.40. The van der Waals surface area contributed by atoms with Crippen LogP contribution in [0.1, 0.15) is 27.0 Å². The molecular weight excluding hydrogens is 558 g/mol. The highest BCUT2D eigenvalue weighted by atomic mass is 79.9. The van der Waals surface area contributed by atoms with Gasteiger partial charge in [-0.05, 0) is 53.1 Å². The van der Waals surface area contributed by atoms with Gasteiger partial charge in [0, 0.05) is 16.5 Å². The lowest BCUT2D eigenvalue weighted by atomic mass is 10.0. The van der Waals surface area contributed by atoms with Gasteiger partial charge >= 0.3 is 5.97 Å². The minimum absolute atomic E-state index is 0.0984. The number of amides is 1. The second-order valence-corrected chi connectivity index (χ2v) is 10.6. The van der Waals surface area contributed by atoms with Crippen molar-refractivity contribution in [1.29, 1.82) is 0 Å². The fourth-order valence-electron chi connectivity index (χ4n) is 3.61. The number of thiocarbonyl (C=S) groups is 1. The van der Waals surface area contributed by atoms with Crippen LogP contribution >= 0.6 is 39.9 Å². The van der Waals surface area contributed by atoms with E-state index in [9.17, 15) is 19.5 Å². The second-order valence-electron chi connectivity index (χ2n) is 7.97. The van der Waals surface area contributed by atoms with E-state index in [1.165, 1.54) is 11.0 Å². The molecule has 1 saturated heterocycles. The maximum absolute atomic E-state index is 13.1. The highest BCUT2D eigenvalue weighted by molar-refractivity contribution is 9.10. The fraction of sp³-hybridized carbons (Fsp3) is 0.0714. The summed E-state index contributed by atoms with van der Waals surface area (Å²) in [7, 11) is 0. The Morgan fingerprint density at radius 3 is 2.25 bits per heavy atom. The van der Waals surface area contributed by atoms with E-state index in [0.29, 0.717) is 10.5 Å². The molecule has 180 valence electrons. The molecule has 1 amide bonds. The first-order valence-electron chi connectivity index (χ1n) is 10.9. The maximum atomic E-state index is 13.1. The monoisotopic (exact) mass is 577 g/mol. The molecule has 1 heterocycles. The number of rotatable bonds is 8. The maximum Gasteiger partial charge on any atom is 0.327 e. The molecule has 0 unspecified atom stereocenters. The first-order valence-corrected chi connectivity index (χ1v) is 13.0. The summed E-state index contributed by atoms with van der Waals surface area (Å²) in [6, 6.07) is 22.6. The smallest absolute Gasteiger partial charge is 0.327 e. The van der Waals surface area contributed by atoms with E-state index in [1.807, 2.05) is 66.7 Å². The van der Waals surface area contributed by atoms with E-state index in [4.69, 9.17) is 12.2 Å². The number of halogens is 1. The number of ketones is 1. The molecule has 0 aliphatic carbocycles. The molecule has 1 aliphatic heterocycles. The normalized spacial score (nSPS) is 15.6.